The van der Waals surface area contributed by atoms with Crippen LogP contribution in [0.2, 0.25) is 0 Å². The molecule has 2 heterocycles. The van der Waals surface area contributed by atoms with Gasteiger partial charge in [0.2, 0.25) is 6.79 Å². The summed E-state index contributed by atoms with van der Waals surface area (Å²) in [6.45, 7) is 10.3. The predicted molar refractivity (Wildman–Crippen MR) is 178 cm³/mol. The van der Waals surface area contributed by atoms with E-state index in [1.807, 2.05) is 27.7 Å². The number of nitrogens with zero attached hydrogens (tertiary/aromatic N) is 2. The molecular weight excluding hydrogens is 606 g/mol. The summed E-state index contributed by atoms with van der Waals surface area (Å²) in [7, 11) is 1.70. The molecule has 0 spiro atoms. The molecule has 0 radical (unpaired) electrons. The molecule has 2 aliphatic rings. The zero-order valence-electron chi connectivity index (χ0n) is 28.2. The van der Waals surface area contributed by atoms with E-state index in [0.717, 1.165) is 19.3 Å². The van der Waals surface area contributed by atoms with Gasteiger partial charge in [-0.1, -0.05) is 6.92 Å². The van der Waals surface area contributed by atoms with Gasteiger partial charge in [-0.25, -0.2) is 9.59 Å². The van der Waals surface area contributed by atoms with Crippen LogP contribution in [0.15, 0.2) is 36.4 Å². The monoisotopic (exact) mass is 655 g/mol. The molecule has 2 aromatic carbocycles. The highest BCUT2D eigenvalue weighted by Crippen LogP contribution is 2.34. The smallest absolute Gasteiger partial charge is 0.321 e. The van der Waals surface area contributed by atoms with Crippen LogP contribution >= 0.6 is 0 Å². The summed E-state index contributed by atoms with van der Waals surface area (Å²) in [4.78, 5) is 43.1. The number of fused-ring (bicyclic) bond motifs is 2. The zero-order chi connectivity index (χ0) is 34.1. The van der Waals surface area contributed by atoms with Crippen LogP contribution in [0.3, 0.4) is 0 Å². The second-order valence-corrected chi connectivity index (χ2v) is 12.6. The van der Waals surface area contributed by atoms with E-state index in [9.17, 15) is 19.5 Å². The number of urea groups is 2. The highest BCUT2D eigenvalue weighted by atomic mass is 16.7. The minimum Gasteiger partial charge on any atom is -0.490 e. The Bertz CT molecular complexity index is 1390. The van der Waals surface area contributed by atoms with E-state index in [4.69, 9.17) is 18.9 Å². The van der Waals surface area contributed by atoms with E-state index in [-0.39, 0.29) is 68.1 Å². The Morgan fingerprint density at radius 1 is 1.00 bits per heavy atom. The number of ether oxygens (including phenoxy) is 4. The molecule has 2 aliphatic heterocycles. The summed E-state index contributed by atoms with van der Waals surface area (Å²) >= 11 is 0. The lowest BCUT2D eigenvalue weighted by atomic mass is 10.0. The maximum Gasteiger partial charge on any atom is 0.321 e. The Labute approximate surface area is 276 Å². The first kappa shape index (κ1) is 35.6. The minimum absolute atomic E-state index is 0.0653. The van der Waals surface area contributed by atoms with Crippen LogP contribution in [-0.2, 0) is 4.74 Å². The van der Waals surface area contributed by atoms with Crippen LogP contribution in [0, 0.1) is 5.92 Å². The molecule has 258 valence electrons. The molecule has 4 atom stereocenters. The average Bonchev–Trinajstić information content (AvgIpc) is 3.50. The molecular formula is C34H49N5O8. The van der Waals surface area contributed by atoms with Gasteiger partial charge in [-0.3, -0.25) is 4.79 Å². The molecule has 4 N–H and O–H groups in total. The number of hydrogen-bond donors (Lipinski definition) is 4. The molecule has 0 bridgehead atoms. The van der Waals surface area contributed by atoms with Crippen molar-refractivity contribution in [3.05, 3.63) is 42.0 Å². The summed E-state index contributed by atoms with van der Waals surface area (Å²) in [5, 5.41) is 18.7. The number of hydrogen-bond acceptors (Lipinski definition) is 8. The first-order valence-electron chi connectivity index (χ1n) is 16.3. The number of carbonyl (C=O) groups excluding carboxylic acids is 3. The lowest BCUT2D eigenvalue weighted by molar-refractivity contribution is -0.0115. The number of aliphatic hydroxyl groups is 1. The zero-order valence-corrected chi connectivity index (χ0v) is 28.2. The van der Waals surface area contributed by atoms with Crippen molar-refractivity contribution >= 4 is 29.3 Å². The van der Waals surface area contributed by atoms with Gasteiger partial charge in [0.1, 0.15) is 5.75 Å². The number of benzene rings is 2. The van der Waals surface area contributed by atoms with Crippen molar-refractivity contribution in [3.8, 4) is 17.2 Å². The second kappa shape index (κ2) is 16.6. The first-order chi connectivity index (χ1) is 22.4. The molecule has 13 nitrogen and oxygen atoms in total. The Morgan fingerprint density at radius 3 is 2.43 bits per heavy atom. The van der Waals surface area contributed by atoms with Gasteiger partial charge in [0.15, 0.2) is 11.5 Å². The van der Waals surface area contributed by atoms with E-state index >= 15 is 0 Å². The molecule has 5 amide bonds. The fraction of sp³-hybridized carbons (Fsp3) is 0.559. The van der Waals surface area contributed by atoms with Crippen molar-refractivity contribution < 1.29 is 38.4 Å². The lowest BCUT2D eigenvalue weighted by Crippen LogP contribution is -2.48. The Kier molecular flexibility index (Phi) is 12.5. The number of anilines is 2. The standard InChI is InChI=1S/C34H49N5O8/c1-21(2)35-33(42)36-25-10-12-28-27(15-25)32(41)39(23(4)19-40)17-22(3)31(44-14-8-7-9-24(5)47-28)18-38(6)34(43)37-26-11-13-29-30(16-26)46-20-45-29/h10-13,15-16,21-24,31,40H,7-9,14,17-20H2,1-6H3,(H,37,43)(H2,35,36,42)/t22-,23+,24+,31-/m1/s1. The molecule has 0 unspecified atom stereocenters. The fourth-order valence-electron chi connectivity index (χ4n) is 5.44. The third-order valence-electron chi connectivity index (χ3n) is 8.15. The molecule has 13 heteroatoms. The lowest BCUT2D eigenvalue weighted by Gasteiger charge is -2.35. The molecule has 0 aromatic heterocycles. The summed E-state index contributed by atoms with van der Waals surface area (Å²) in [6, 6.07) is 8.93. The van der Waals surface area contributed by atoms with E-state index < -0.39 is 12.1 Å². The van der Waals surface area contributed by atoms with Crippen LogP contribution in [-0.4, -0.2) is 97.3 Å². The second-order valence-electron chi connectivity index (χ2n) is 12.6. The van der Waals surface area contributed by atoms with Gasteiger partial charge < -0.3 is 49.8 Å². The number of likely N-dealkylation sites (N-methyl/N-ethyl adjacent to an activating group) is 1. The summed E-state index contributed by atoms with van der Waals surface area (Å²) in [5.74, 6) is 1.03. The van der Waals surface area contributed by atoms with Gasteiger partial charge in [-0.05, 0) is 77.3 Å². The summed E-state index contributed by atoms with van der Waals surface area (Å²) in [6.07, 6.45) is 1.78. The number of rotatable bonds is 7. The van der Waals surface area contributed by atoms with Gasteiger partial charge in [-0.2, -0.15) is 0 Å². The molecule has 0 saturated heterocycles. The predicted octanol–water partition coefficient (Wildman–Crippen LogP) is 4.90. The van der Waals surface area contributed by atoms with Crippen LogP contribution < -0.4 is 30.2 Å². The van der Waals surface area contributed by atoms with Gasteiger partial charge in [0, 0.05) is 56.1 Å². The fourth-order valence-corrected chi connectivity index (χ4v) is 5.44. The van der Waals surface area contributed by atoms with E-state index in [0.29, 0.717) is 35.2 Å². The van der Waals surface area contributed by atoms with E-state index in [2.05, 4.69) is 16.0 Å². The summed E-state index contributed by atoms with van der Waals surface area (Å²) in [5.41, 5.74) is 1.29. The van der Waals surface area contributed by atoms with Gasteiger partial charge in [0.05, 0.1) is 30.4 Å². The Balaban J connectivity index is 1.56. The van der Waals surface area contributed by atoms with Gasteiger partial charge in [0.25, 0.3) is 5.91 Å². The topological polar surface area (TPSA) is 151 Å². The molecule has 4 rings (SSSR count). The van der Waals surface area contributed by atoms with Gasteiger partial charge in [-0.15, -0.1) is 0 Å². The van der Waals surface area contributed by atoms with Crippen LogP contribution in [0.5, 0.6) is 17.2 Å². The van der Waals surface area contributed by atoms with Crippen molar-refractivity contribution in [2.75, 3.05) is 50.8 Å². The maximum absolute atomic E-state index is 14.3. The number of carbonyl (C=O) groups is 3. The SMILES string of the molecule is CC(C)NC(=O)Nc1ccc2c(c1)C(=O)N([C@@H](C)CO)C[C@@H](C)[C@@H](CN(C)C(=O)Nc1ccc3c(c1)OCO3)OCCCC[C@H](C)O2. The van der Waals surface area contributed by atoms with Crippen molar-refractivity contribution in [1.29, 1.82) is 0 Å². The molecule has 2 aromatic rings. The minimum atomic E-state index is -0.531. The highest BCUT2D eigenvalue weighted by molar-refractivity contribution is 5.99. The highest BCUT2D eigenvalue weighted by Gasteiger charge is 2.31. The van der Waals surface area contributed by atoms with Crippen molar-refractivity contribution in [2.45, 2.75) is 78.2 Å². The molecule has 47 heavy (non-hydrogen) atoms. The van der Waals surface area contributed by atoms with Crippen molar-refractivity contribution in [2.24, 2.45) is 5.92 Å². The van der Waals surface area contributed by atoms with Crippen LogP contribution in [0.25, 0.3) is 0 Å². The van der Waals surface area contributed by atoms with Crippen LogP contribution in [0.1, 0.15) is 64.2 Å². The van der Waals surface area contributed by atoms with E-state index in [1.165, 1.54) is 0 Å². The third-order valence-corrected chi connectivity index (χ3v) is 8.15. The molecule has 0 fully saturated rings. The van der Waals surface area contributed by atoms with Crippen molar-refractivity contribution in [1.82, 2.24) is 15.1 Å². The normalized spacial score (nSPS) is 20.8. The number of aliphatic hydroxyl groups excluding tert-OH is 1. The van der Waals surface area contributed by atoms with Crippen LogP contribution in [0.4, 0.5) is 21.0 Å². The average molecular weight is 656 g/mol. The summed E-state index contributed by atoms with van der Waals surface area (Å²) < 4.78 is 23.4. The van der Waals surface area contributed by atoms with E-state index in [1.54, 1.807) is 60.2 Å². The quantitative estimate of drug-likeness (QED) is 0.329. The van der Waals surface area contributed by atoms with Gasteiger partial charge >= 0.3 is 12.1 Å². The third kappa shape index (κ3) is 9.88. The number of amides is 5. The Morgan fingerprint density at radius 2 is 1.70 bits per heavy atom. The molecule has 0 aliphatic carbocycles. The Hall–Kier alpha value is -4.23. The van der Waals surface area contributed by atoms with Crippen molar-refractivity contribution in [3.63, 3.8) is 0 Å². The molecule has 0 saturated carbocycles. The maximum atomic E-state index is 14.3. The number of nitrogens with one attached hydrogen (secondary N) is 3. The largest absolute Gasteiger partial charge is 0.490 e. The first-order valence-corrected chi connectivity index (χ1v) is 16.3.